The molecule has 0 unspecified atom stereocenters. The van der Waals surface area contributed by atoms with Crippen molar-refractivity contribution < 1.29 is 19.7 Å². The van der Waals surface area contributed by atoms with Crippen LogP contribution >= 0.6 is 0 Å². The fourth-order valence-corrected chi connectivity index (χ4v) is 0.925. The SMILES string of the molecule is C=CCOC.CC.N[C@H]1COC[C@@H](O)[C@H]1O. The molecule has 1 rings (SSSR count). The van der Waals surface area contributed by atoms with Crippen LogP contribution < -0.4 is 5.73 Å². The molecule has 98 valence electrons. The van der Waals surface area contributed by atoms with Gasteiger partial charge in [0, 0.05) is 7.11 Å². The molecule has 5 nitrogen and oxygen atoms in total. The standard InChI is InChI=1S/C5H11NO3.C4H8O.C2H6/c6-3-1-9-2-4(7)5(3)8;1-3-4-5-2;1-2/h3-5,7-8H,1-2,6H2;3H,1,4H2,2H3;1-2H3/t3-,4+,5-;;/m0../s1. The molecule has 16 heavy (non-hydrogen) atoms. The first-order valence-electron chi connectivity index (χ1n) is 5.42. The van der Waals surface area contributed by atoms with Gasteiger partial charge in [-0.05, 0) is 0 Å². The second kappa shape index (κ2) is 12.6. The van der Waals surface area contributed by atoms with Crippen molar-refractivity contribution in [1.82, 2.24) is 0 Å². The lowest BCUT2D eigenvalue weighted by atomic mass is 10.1. The fourth-order valence-electron chi connectivity index (χ4n) is 0.925. The van der Waals surface area contributed by atoms with Crippen molar-refractivity contribution >= 4 is 0 Å². The first kappa shape index (κ1) is 17.9. The van der Waals surface area contributed by atoms with Crippen LogP contribution in [0, 0.1) is 0 Å². The normalized spacial score (nSPS) is 28.0. The zero-order chi connectivity index (χ0) is 13.0. The Kier molecular flexibility index (Phi) is 14.1. The molecule has 0 bridgehead atoms. The van der Waals surface area contributed by atoms with Crippen molar-refractivity contribution in [2.45, 2.75) is 32.1 Å². The van der Waals surface area contributed by atoms with Gasteiger partial charge in [0.2, 0.25) is 0 Å². The van der Waals surface area contributed by atoms with E-state index in [1.54, 1.807) is 13.2 Å². The predicted molar refractivity (Wildman–Crippen MR) is 64.2 cm³/mol. The average Bonchev–Trinajstić information content (AvgIpc) is 2.30. The summed E-state index contributed by atoms with van der Waals surface area (Å²) in [5, 5.41) is 17.9. The number of nitrogens with two attached hydrogens (primary N) is 1. The van der Waals surface area contributed by atoms with E-state index in [0.29, 0.717) is 13.2 Å². The van der Waals surface area contributed by atoms with Crippen LogP contribution in [0.25, 0.3) is 0 Å². The summed E-state index contributed by atoms with van der Waals surface area (Å²) in [6.07, 6.45) is 0.0764. The Morgan fingerprint density at radius 3 is 2.25 bits per heavy atom. The summed E-state index contributed by atoms with van der Waals surface area (Å²) in [4.78, 5) is 0. The van der Waals surface area contributed by atoms with Crippen LogP contribution in [0.15, 0.2) is 12.7 Å². The molecule has 3 atom stereocenters. The molecule has 0 aromatic heterocycles. The molecule has 5 heteroatoms. The highest BCUT2D eigenvalue weighted by Gasteiger charge is 2.27. The lowest BCUT2D eigenvalue weighted by Crippen LogP contribution is -2.51. The molecule has 4 N–H and O–H groups in total. The predicted octanol–water partition coefficient (Wildman–Crippen LogP) is -0.0893. The van der Waals surface area contributed by atoms with E-state index in [1.165, 1.54) is 0 Å². The molecule has 0 aliphatic carbocycles. The van der Waals surface area contributed by atoms with Crippen LogP contribution in [0.5, 0.6) is 0 Å². The Bertz CT molecular complexity index is 145. The van der Waals surface area contributed by atoms with E-state index in [9.17, 15) is 0 Å². The highest BCUT2D eigenvalue weighted by atomic mass is 16.5. The third-order valence-electron chi connectivity index (χ3n) is 1.72. The molecule has 0 aromatic carbocycles. The fraction of sp³-hybridized carbons (Fsp3) is 0.818. The summed E-state index contributed by atoms with van der Waals surface area (Å²) in [6, 6.07) is -0.436. The number of aliphatic hydroxyl groups is 2. The van der Waals surface area contributed by atoms with Crippen molar-refractivity contribution in [2.75, 3.05) is 26.9 Å². The number of aliphatic hydroxyl groups excluding tert-OH is 2. The largest absolute Gasteiger partial charge is 0.389 e. The van der Waals surface area contributed by atoms with E-state index in [4.69, 9.17) is 20.7 Å². The topological polar surface area (TPSA) is 84.9 Å². The molecular weight excluding hydrogens is 210 g/mol. The summed E-state index contributed by atoms with van der Waals surface area (Å²) >= 11 is 0. The Hall–Kier alpha value is -0.460. The maximum absolute atomic E-state index is 8.99. The van der Waals surface area contributed by atoms with Crippen LogP contribution in [0.4, 0.5) is 0 Å². The first-order valence-corrected chi connectivity index (χ1v) is 5.42. The van der Waals surface area contributed by atoms with Crippen molar-refractivity contribution in [3.63, 3.8) is 0 Å². The maximum atomic E-state index is 8.99. The van der Waals surface area contributed by atoms with Crippen LogP contribution in [-0.2, 0) is 9.47 Å². The minimum absolute atomic E-state index is 0.189. The smallest absolute Gasteiger partial charge is 0.105 e. The molecule has 0 spiro atoms. The molecule has 1 saturated heterocycles. The number of ether oxygens (including phenoxy) is 2. The molecule has 1 fully saturated rings. The van der Waals surface area contributed by atoms with Gasteiger partial charge in [-0.25, -0.2) is 0 Å². The number of hydrogen-bond acceptors (Lipinski definition) is 5. The number of rotatable bonds is 2. The summed E-state index contributed by atoms with van der Waals surface area (Å²) in [5.74, 6) is 0. The van der Waals surface area contributed by atoms with Crippen LogP contribution in [-0.4, -0.2) is 55.4 Å². The molecule has 0 radical (unpaired) electrons. The van der Waals surface area contributed by atoms with Crippen LogP contribution in [0.3, 0.4) is 0 Å². The van der Waals surface area contributed by atoms with Gasteiger partial charge >= 0.3 is 0 Å². The van der Waals surface area contributed by atoms with Gasteiger partial charge in [-0.3, -0.25) is 0 Å². The van der Waals surface area contributed by atoms with Gasteiger partial charge in [-0.2, -0.15) is 0 Å². The molecule has 1 aliphatic rings. The van der Waals surface area contributed by atoms with Gasteiger partial charge in [0.05, 0.1) is 32.0 Å². The third kappa shape index (κ3) is 8.82. The van der Waals surface area contributed by atoms with Crippen LogP contribution in [0.1, 0.15) is 13.8 Å². The van der Waals surface area contributed by atoms with Gasteiger partial charge in [0.15, 0.2) is 0 Å². The van der Waals surface area contributed by atoms with Gasteiger partial charge in [0.1, 0.15) is 6.10 Å². The Morgan fingerprint density at radius 2 is 2.00 bits per heavy atom. The van der Waals surface area contributed by atoms with E-state index in [1.807, 2.05) is 13.8 Å². The Labute approximate surface area is 97.9 Å². The molecule has 1 aliphatic heterocycles. The summed E-state index contributed by atoms with van der Waals surface area (Å²) in [5.41, 5.74) is 5.33. The maximum Gasteiger partial charge on any atom is 0.105 e. The highest BCUT2D eigenvalue weighted by Crippen LogP contribution is 2.05. The van der Waals surface area contributed by atoms with Crippen molar-refractivity contribution in [1.29, 1.82) is 0 Å². The number of methoxy groups -OCH3 is 1. The number of hydrogen-bond donors (Lipinski definition) is 3. The highest BCUT2D eigenvalue weighted by molar-refractivity contribution is 4.81. The molecule has 1 heterocycles. The summed E-state index contributed by atoms with van der Waals surface area (Å²) in [7, 11) is 1.64. The second-order valence-corrected chi connectivity index (χ2v) is 3.00. The van der Waals surface area contributed by atoms with Gasteiger partial charge < -0.3 is 25.4 Å². The van der Waals surface area contributed by atoms with E-state index < -0.39 is 18.2 Å². The van der Waals surface area contributed by atoms with Crippen molar-refractivity contribution in [3.05, 3.63) is 12.7 Å². The van der Waals surface area contributed by atoms with Crippen molar-refractivity contribution in [2.24, 2.45) is 5.73 Å². The molecular formula is C11H25NO4. The van der Waals surface area contributed by atoms with E-state index in [0.717, 1.165) is 0 Å². The Balaban J connectivity index is 0. The molecule has 0 saturated carbocycles. The molecule has 0 aromatic rings. The van der Waals surface area contributed by atoms with Gasteiger partial charge in [0.25, 0.3) is 0 Å². The van der Waals surface area contributed by atoms with E-state index in [2.05, 4.69) is 11.3 Å². The zero-order valence-corrected chi connectivity index (χ0v) is 10.4. The zero-order valence-electron chi connectivity index (χ0n) is 10.4. The monoisotopic (exact) mass is 235 g/mol. The van der Waals surface area contributed by atoms with Crippen molar-refractivity contribution in [3.8, 4) is 0 Å². The quantitative estimate of drug-likeness (QED) is 0.583. The summed E-state index contributed by atoms with van der Waals surface area (Å²) in [6.45, 7) is 8.60. The van der Waals surface area contributed by atoms with Gasteiger partial charge in [-0.1, -0.05) is 19.9 Å². The molecule has 0 amide bonds. The van der Waals surface area contributed by atoms with Gasteiger partial charge in [-0.15, -0.1) is 6.58 Å². The van der Waals surface area contributed by atoms with E-state index in [-0.39, 0.29) is 6.61 Å². The minimum atomic E-state index is -0.821. The van der Waals surface area contributed by atoms with Crippen LogP contribution in [0.2, 0.25) is 0 Å². The first-order chi connectivity index (χ1) is 7.63. The lowest BCUT2D eigenvalue weighted by molar-refractivity contribution is -0.0965. The average molecular weight is 235 g/mol. The lowest BCUT2D eigenvalue weighted by Gasteiger charge is -2.28. The van der Waals surface area contributed by atoms with E-state index >= 15 is 0 Å². The second-order valence-electron chi connectivity index (χ2n) is 3.00. The minimum Gasteiger partial charge on any atom is -0.389 e. The Morgan fingerprint density at radius 1 is 1.44 bits per heavy atom. The third-order valence-corrected chi connectivity index (χ3v) is 1.72. The summed E-state index contributed by atoms with van der Waals surface area (Å²) < 4.78 is 9.40.